The number of amides is 2. The van der Waals surface area contributed by atoms with Gasteiger partial charge in [-0.2, -0.15) is 4.37 Å². The number of carbonyl (C=O) groups excluding carboxylic acids is 2. The summed E-state index contributed by atoms with van der Waals surface area (Å²) in [6, 6.07) is 15.6. The van der Waals surface area contributed by atoms with E-state index in [9.17, 15) is 14.0 Å². The van der Waals surface area contributed by atoms with Gasteiger partial charge in [-0.15, -0.1) is 0 Å². The van der Waals surface area contributed by atoms with Gasteiger partial charge in [-0.05, 0) is 31.2 Å². The fraction of sp³-hybridized carbons (Fsp3) is 0.250. The number of hydrogen-bond donors (Lipinski definition) is 1. The van der Waals surface area contributed by atoms with E-state index < -0.39 is 11.2 Å². The number of nitrogens with one attached hydrogen (secondary N) is 1. The summed E-state index contributed by atoms with van der Waals surface area (Å²) in [5.74, 6) is -0.656. The lowest BCUT2D eigenvalue weighted by molar-refractivity contribution is -0.124. The van der Waals surface area contributed by atoms with E-state index in [-0.39, 0.29) is 23.3 Å². The Bertz CT molecular complexity index is 1520. The van der Waals surface area contributed by atoms with E-state index in [4.69, 9.17) is 9.72 Å². The van der Waals surface area contributed by atoms with Crippen molar-refractivity contribution in [3.8, 4) is 22.9 Å². The summed E-state index contributed by atoms with van der Waals surface area (Å²) < 4.78 is 25.0. The molecule has 10 heteroatoms. The van der Waals surface area contributed by atoms with Crippen LogP contribution in [0.15, 0.2) is 60.9 Å². The average Bonchev–Trinajstić information content (AvgIpc) is 3.43. The van der Waals surface area contributed by atoms with E-state index in [0.29, 0.717) is 34.6 Å². The number of benzene rings is 2. The van der Waals surface area contributed by atoms with E-state index in [0.717, 1.165) is 22.7 Å². The van der Waals surface area contributed by atoms with Crippen molar-refractivity contribution < 1.29 is 18.7 Å². The number of fused-ring (bicyclic) bond motifs is 2. The molecule has 0 saturated carbocycles. The summed E-state index contributed by atoms with van der Waals surface area (Å²) >= 11 is 1.11. The van der Waals surface area contributed by atoms with Gasteiger partial charge in [-0.3, -0.25) is 9.59 Å². The molecule has 38 heavy (non-hydrogen) atoms. The highest BCUT2D eigenvalue weighted by Crippen LogP contribution is 2.52. The molecule has 5 rings (SSSR count). The van der Waals surface area contributed by atoms with Gasteiger partial charge < -0.3 is 15.0 Å². The Morgan fingerprint density at radius 2 is 1.92 bits per heavy atom. The van der Waals surface area contributed by atoms with Crippen LogP contribution in [-0.4, -0.2) is 44.6 Å². The topological polar surface area (TPSA) is 97.3 Å². The first-order valence-electron chi connectivity index (χ1n) is 12.1. The SMILES string of the molecule is CCN(C)C(=O)c1ccc(-c2ccc3c(n2)Oc2ccccc2[C@@H]3C(C)(C)C(=O)Nc2ncns2)cc1F. The van der Waals surface area contributed by atoms with Crippen molar-refractivity contribution in [1.29, 1.82) is 0 Å². The molecule has 0 fully saturated rings. The van der Waals surface area contributed by atoms with E-state index in [1.807, 2.05) is 51.1 Å². The van der Waals surface area contributed by atoms with Crippen LogP contribution in [0.2, 0.25) is 0 Å². The summed E-state index contributed by atoms with van der Waals surface area (Å²) in [4.78, 5) is 36.1. The summed E-state index contributed by atoms with van der Waals surface area (Å²) in [7, 11) is 1.63. The zero-order valence-corrected chi connectivity index (χ0v) is 22.2. The molecule has 194 valence electrons. The maximum atomic E-state index is 14.9. The number of pyridine rings is 1. The second kappa shape index (κ2) is 9.94. The maximum absolute atomic E-state index is 14.9. The zero-order valence-electron chi connectivity index (χ0n) is 21.4. The molecule has 1 atom stereocenters. The van der Waals surface area contributed by atoms with Crippen LogP contribution in [0.25, 0.3) is 11.3 Å². The van der Waals surface area contributed by atoms with Crippen LogP contribution >= 0.6 is 11.5 Å². The molecule has 0 spiro atoms. The average molecular weight is 532 g/mol. The highest BCUT2D eigenvalue weighted by molar-refractivity contribution is 7.09. The molecule has 1 aliphatic heterocycles. The lowest BCUT2D eigenvalue weighted by Gasteiger charge is -2.37. The number of halogens is 1. The van der Waals surface area contributed by atoms with E-state index >= 15 is 0 Å². The fourth-order valence-corrected chi connectivity index (χ4v) is 5.02. The first-order valence-corrected chi connectivity index (χ1v) is 12.9. The third kappa shape index (κ3) is 4.51. The monoisotopic (exact) mass is 531 g/mol. The Balaban J connectivity index is 1.53. The molecule has 8 nitrogen and oxygen atoms in total. The van der Waals surface area contributed by atoms with Crippen LogP contribution < -0.4 is 10.1 Å². The van der Waals surface area contributed by atoms with Crippen molar-refractivity contribution >= 4 is 28.5 Å². The summed E-state index contributed by atoms with van der Waals surface area (Å²) in [5.41, 5.74) is 1.68. The smallest absolute Gasteiger partial charge is 0.256 e. The van der Waals surface area contributed by atoms with E-state index in [2.05, 4.69) is 14.7 Å². The quantitative estimate of drug-likeness (QED) is 0.341. The molecule has 1 aliphatic rings. The third-order valence-corrected chi connectivity index (χ3v) is 7.42. The Hall–Kier alpha value is -4.18. The maximum Gasteiger partial charge on any atom is 0.256 e. The minimum atomic E-state index is -0.914. The number of carbonyl (C=O) groups is 2. The second-order valence-corrected chi connectivity index (χ2v) is 10.4. The second-order valence-electron chi connectivity index (χ2n) is 9.60. The predicted octanol–water partition coefficient (Wildman–Crippen LogP) is 5.73. The Labute approximate surface area is 223 Å². The van der Waals surface area contributed by atoms with Crippen LogP contribution in [0.3, 0.4) is 0 Å². The molecule has 0 saturated heterocycles. The minimum Gasteiger partial charge on any atom is -0.438 e. The number of hydrogen-bond acceptors (Lipinski definition) is 7. The van der Waals surface area contributed by atoms with Gasteiger partial charge in [0, 0.05) is 47.7 Å². The molecule has 0 unspecified atom stereocenters. The molecule has 3 heterocycles. The molecule has 2 amide bonds. The first kappa shape index (κ1) is 25.5. The van der Waals surface area contributed by atoms with Crippen LogP contribution in [0.5, 0.6) is 11.6 Å². The van der Waals surface area contributed by atoms with Gasteiger partial charge >= 0.3 is 0 Å². The lowest BCUT2D eigenvalue weighted by atomic mass is 9.69. The van der Waals surface area contributed by atoms with Crippen molar-refractivity contribution in [3.05, 3.63) is 83.4 Å². The van der Waals surface area contributed by atoms with Gasteiger partial charge in [0.15, 0.2) is 0 Å². The number of anilines is 1. The molecular formula is C28H26FN5O3S. The number of rotatable bonds is 6. The standard InChI is InChI=1S/C28H26FN5O3S/c1-5-34(4)25(35)17-11-10-16(14-20(17)29)21-13-12-19-23(18-8-6-7-9-22(18)37-24(19)32-21)28(2,3)26(36)33-27-30-15-31-38-27/h6-15,23H,5H2,1-4H3,(H,30,31,33,36)/t23-/m0/s1. The Morgan fingerprint density at radius 3 is 2.63 bits per heavy atom. The largest absolute Gasteiger partial charge is 0.438 e. The molecule has 0 aliphatic carbocycles. The highest BCUT2D eigenvalue weighted by atomic mass is 32.1. The van der Waals surface area contributed by atoms with Gasteiger partial charge in [0.05, 0.1) is 16.7 Å². The van der Waals surface area contributed by atoms with Gasteiger partial charge in [0.2, 0.25) is 16.9 Å². The fourth-order valence-electron chi connectivity index (χ4n) is 4.59. The van der Waals surface area contributed by atoms with Crippen molar-refractivity contribution in [1.82, 2.24) is 19.2 Å². The minimum absolute atomic E-state index is 0.00416. The number of para-hydroxylation sites is 1. The van der Waals surface area contributed by atoms with Crippen molar-refractivity contribution in [2.45, 2.75) is 26.7 Å². The van der Waals surface area contributed by atoms with E-state index in [1.54, 1.807) is 19.2 Å². The molecule has 0 radical (unpaired) electrons. The van der Waals surface area contributed by atoms with Crippen LogP contribution in [0.1, 0.15) is 48.2 Å². The van der Waals surface area contributed by atoms with Crippen LogP contribution in [0.4, 0.5) is 9.52 Å². The van der Waals surface area contributed by atoms with Gasteiger partial charge in [-0.25, -0.2) is 14.4 Å². The lowest BCUT2D eigenvalue weighted by Crippen LogP contribution is -2.38. The highest BCUT2D eigenvalue weighted by Gasteiger charge is 2.44. The van der Waals surface area contributed by atoms with Crippen LogP contribution in [-0.2, 0) is 4.79 Å². The Kier molecular flexibility index (Phi) is 6.66. The molecule has 1 N–H and O–H groups in total. The van der Waals surface area contributed by atoms with Crippen molar-refractivity contribution in [2.75, 3.05) is 18.9 Å². The normalized spacial score (nSPS) is 14.2. The predicted molar refractivity (Wildman–Crippen MR) is 143 cm³/mol. The molecule has 2 aromatic carbocycles. The Morgan fingerprint density at radius 1 is 1.13 bits per heavy atom. The summed E-state index contributed by atoms with van der Waals surface area (Å²) in [6.45, 7) is 6.04. The molecule has 0 bridgehead atoms. The molecule has 2 aromatic heterocycles. The van der Waals surface area contributed by atoms with Gasteiger partial charge in [0.25, 0.3) is 5.91 Å². The number of ether oxygens (including phenoxy) is 1. The third-order valence-electron chi connectivity index (χ3n) is 6.84. The number of nitrogens with zero attached hydrogens (tertiary/aromatic N) is 4. The van der Waals surface area contributed by atoms with Crippen LogP contribution in [0, 0.1) is 11.2 Å². The van der Waals surface area contributed by atoms with Gasteiger partial charge in [0.1, 0.15) is 17.9 Å². The van der Waals surface area contributed by atoms with Gasteiger partial charge in [-0.1, -0.05) is 44.2 Å². The molecule has 4 aromatic rings. The van der Waals surface area contributed by atoms with E-state index in [1.165, 1.54) is 23.4 Å². The summed E-state index contributed by atoms with van der Waals surface area (Å²) in [5, 5.41) is 3.29. The van der Waals surface area contributed by atoms with Crippen molar-refractivity contribution in [2.24, 2.45) is 5.41 Å². The first-order chi connectivity index (χ1) is 18.2. The zero-order chi connectivity index (χ0) is 27.0. The number of aromatic nitrogens is 3. The molecular weight excluding hydrogens is 505 g/mol. The summed E-state index contributed by atoms with van der Waals surface area (Å²) in [6.07, 6.45) is 1.39. The van der Waals surface area contributed by atoms with Crippen molar-refractivity contribution in [3.63, 3.8) is 0 Å².